The number of amides is 1. The molecule has 2 heterocycles. The van der Waals surface area contributed by atoms with Crippen LogP contribution in [0, 0.1) is 0 Å². The summed E-state index contributed by atoms with van der Waals surface area (Å²) in [5.74, 6) is -0.368. The Balaban J connectivity index is 1.55. The first kappa shape index (κ1) is 14.6. The zero-order chi connectivity index (χ0) is 16.6. The second-order valence-corrected chi connectivity index (χ2v) is 6.23. The van der Waals surface area contributed by atoms with E-state index < -0.39 is 0 Å². The summed E-state index contributed by atoms with van der Waals surface area (Å²) in [4.78, 5) is 29.1. The second-order valence-electron chi connectivity index (χ2n) is 6.23. The van der Waals surface area contributed by atoms with Crippen molar-refractivity contribution in [1.29, 1.82) is 0 Å². The summed E-state index contributed by atoms with van der Waals surface area (Å²) in [5.41, 5.74) is 1.50. The van der Waals surface area contributed by atoms with Crippen molar-refractivity contribution >= 4 is 11.6 Å². The highest BCUT2D eigenvalue weighted by Gasteiger charge is 2.44. The molecule has 0 radical (unpaired) electrons. The standard InChI is InChI=1S/C19H17N3O2/c23-17(15-12-20-16-8-4-5-11-22(16)18(15)24)21-13-19(9-10-19)14-6-2-1-3-7-14/h1-8,11-12H,9-10,13H2,(H,21,23). The molecule has 1 aromatic carbocycles. The Kier molecular flexibility index (Phi) is 3.41. The predicted molar refractivity (Wildman–Crippen MR) is 91.1 cm³/mol. The van der Waals surface area contributed by atoms with E-state index in [9.17, 15) is 9.59 Å². The fourth-order valence-electron chi connectivity index (χ4n) is 3.04. The van der Waals surface area contributed by atoms with Crippen LogP contribution in [0.5, 0.6) is 0 Å². The minimum atomic E-state index is -0.368. The van der Waals surface area contributed by atoms with Crippen molar-refractivity contribution < 1.29 is 4.79 Å². The third-order valence-corrected chi connectivity index (χ3v) is 4.69. The van der Waals surface area contributed by atoms with Crippen LogP contribution in [0.1, 0.15) is 28.8 Å². The van der Waals surface area contributed by atoms with Crippen LogP contribution in [0.2, 0.25) is 0 Å². The van der Waals surface area contributed by atoms with Gasteiger partial charge in [-0.3, -0.25) is 14.0 Å². The van der Waals surface area contributed by atoms with Gasteiger partial charge in [-0.15, -0.1) is 0 Å². The summed E-state index contributed by atoms with van der Waals surface area (Å²) in [5, 5.41) is 2.91. The molecule has 24 heavy (non-hydrogen) atoms. The van der Waals surface area contributed by atoms with Crippen molar-refractivity contribution in [3.8, 4) is 0 Å². The van der Waals surface area contributed by atoms with E-state index in [0.29, 0.717) is 12.2 Å². The van der Waals surface area contributed by atoms with Crippen molar-refractivity contribution in [1.82, 2.24) is 14.7 Å². The van der Waals surface area contributed by atoms with E-state index in [1.54, 1.807) is 24.4 Å². The quantitative estimate of drug-likeness (QED) is 0.801. The Bertz CT molecular complexity index is 959. The highest BCUT2D eigenvalue weighted by molar-refractivity contribution is 5.93. The van der Waals surface area contributed by atoms with Crippen LogP contribution in [0.3, 0.4) is 0 Å². The molecule has 0 aliphatic heterocycles. The maximum absolute atomic E-state index is 12.5. The number of hydrogen-bond donors (Lipinski definition) is 1. The number of rotatable bonds is 4. The summed E-state index contributed by atoms with van der Waals surface area (Å²) in [6.45, 7) is 0.535. The van der Waals surface area contributed by atoms with E-state index in [-0.39, 0.29) is 22.4 Å². The van der Waals surface area contributed by atoms with Crippen LogP contribution in [0.15, 0.2) is 65.7 Å². The number of fused-ring (bicyclic) bond motifs is 1. The van der Waals surface area contributed by atoms with E-state index in [0.717, 1.165) is 12.8 Å². The average molecular weight is 319 g/mol. The first-order valence-electron chi connectivity index (χ1n) is 8.00. The molecule has 0 bridgehead atoms. The van der Waals surface area contributed by atoms with Gasteiger partial charge in [-0.05, 0) is 30.5 Å². The lowest BCUT2D eigenvalue weighted by Crippen LogP contribution is -2.36. The first-order valence-corrected chi connectivity index (χ1v) is 8.00. The van der Waals surface area contributed by atoms with Crippen LogP contribution < -0.4 is 10.9 Å². The van der Waals surface area contributed by atoms with E-state index in [1.165, 1.54) is 16.2 Å². The van der Waals surface area contributed by atoms with Crippen molar-refractivity contribution in [2.24, 2.45) is 0 Å². The van der Waals surface area contributed by atoms with Gasteiger partial charge in [0, 0.05) is 24.4 Å². The number of nitrogens with one attached hydrogen (secondary N) is 1. The molecule has 1 fully saturated rings. The van der Waals surface area contributed by atoms with Crippen molar-refractivity contribution in [2.45, 2.75) is 18.3 Å². The van der Waals surface area contributed by atoms with Crippen molar-refractivity contribution in [2.75, 3.05) is 6.54 Å². The van der Waals surface area contributed by atoms with Crippen LogP contribution in [-0.2, 0) is 5.41 Å². The third kappa shape index (κ3) is 2.48. The number of nitrogens with zero attached hydrogens (tertiary/aromatic N) is 2. The molecule has 0 spiro atoms. The predicted octanol–water partition coefficient (Wildman–Crippen LogP) is 2.16. The molecule has 5 nitrogen and oxygen atoms in total. The molecular weight excluding hydrogens is 302 g/mol. The van der Waals surface area contributed by atoms with Gasteiger partial charge >= 0.3 is 0 Å². The fourth-order valence-corrected chi connectivity index (χ4v) is 3.04. The monoisotopic (exact) mass is 319 g/mol. The molecule has 0 unspecified atom stereocenters. The van der Waals surface area contributed by atoms with E-state index in [2.05, 4.69) is 22.4 Å². The molecule has 4 rings (SSSR count). The number of hydrogen-bond acceptors (Lipinski definition) is 3. The molecule has 1 saturated carbocycles. The van der Waals surface area contributed by atoms with Gasteiger partial charge in [0.05, 0.1) is 0 Å². The van der Waals surface area contributed by atoms with Gasteiger partial charge in [-0.1, -0.05) is 36.4 Å². The van der Waals surface area contributed by atoms with Crippen LogP contribution in [0.25, 0.3) is 5.65 Å². The van der Waals surface area contributed by atoms with Crippen molar-refractivity contribution in [3.63, 3.8) is 0 Å². The lowest BCUT2D eigenvalue weighted by molar-refractivity contribution is 0.0947. The van der Waals surface area contributed by atoms with E-state index in [4.69, 9.17) is 0 Å². The van der Waals surface area contributed by atoms with Gasteiger partial charge in [0.25, 0.3) is 11.5 Å². The minimum absolute atomic E-state index is 0.0113. The molecule has 0 saturated heterocycles. The topological polar surface area (TPSA) is 63.5 Å². The van der Waals surface area contributed by atoms with Gasteiger partial charge in [-0.2, -0.15) is 0 Å². The Labute approximate surface area is 139 Å². The lowest BCUT2D eigenvalue weighted by atomic mass is 9.96. The molecule has 2 aromatic heterocycles. The number of benzene rings is 1. The summed E-state index contributed by atoms with van der Waals surface area (Å²) in [6, 6.07) is 15.5. The summed E-state index contributed by atoms with van der Waals surface area (Å²) < 4.78 is 1.39. The molecule has 1 amide bonds. The Hall–Kier alpha value is -2.95. The first-order chi connectivity index (χ1) is 11.7. The zero-order valence-corrected chi connectivity index (χ0v) is 13.1. The molecule has 1 aliphatic rings. The van der Waals surface area contributed by atoms with Gasteiger partial charge in [0.15, 0.2) is 0 Å². The van der Waals surface area contributed by atoms with Crippen molar-refractivity contribution in [3.05, 3.63) is 82.4 Å². The number of carbonyl (C=O) groups is 1. The molecular formula is C19H17N3O2. The van der Waals surface area contributed by atoms with Gasteiger partial charge in [-0.25, -0.2) is 4.98 Å². The lowest BCUT2D eigenvalue weighted by Gasteiger charge is -2.16. The Morgan fingerprint density at radius 3 is 2.62 bits per heavy atom. The van der Waals surface area contributed by atoms with Crippen LogP contribution >= 0.6 is 0 Å². The zero-order valence-electron chi connectivity index (χ0n) is 13.1. The Morgan fingerprint density at radius 2 is 1.88 bits per heavy atom. The summed E-state index contributed by atoms with van der Waals surface area (Å²) in [7, 11) is 0. The van der Waals surface area contributed by atoms with Gasteiger partial charge in [0.1, 0.15) is 11.2 Å². The average Bonchev–Trinajstić information content (AvgIpc) is 3.42. The number of aromatic nitrogens is 2. The summed E-state index contributed by atoms with van der Waals surface area (Å²) >= 11 is 0. The largest absolute Gasteiger partial charge is 0.351 e. The molecule has 1 aliphatic carbocycles. The smallest absolute Gasteiger partial charge is 0.270 e. The number of pyridine rings is 1. The maximum atomic E-state index is 12.5. The SMILES string of the molecule is O=C(NCC1(c2ccccc2)CC1)c1cnc2ccccn2c1=O. The molecule has 5 heteroatoms. The third-order valence-electron chi connectivity index (χ3n) is 4.69. The summed E-state index contributed by atoms with van der Waals surface area (Å²) in [6.07, 6.45) is 5.07. The number of carbonyl (C=O) groups excluding carboxylic acids is 1. The molecule has 120 valence electrons. The van der Waals surface area contributed by atoms with E-state index >= 15 is 0 Å². The molecule has 3 aromatic rings. The normalized spacial score (nSPS) is 15.2. The Morgan fingerprint density at radius 1 is 1.12 bits per heavy atom. The maximum Gasteiger partial charge on any atom is 0.270 e. The van der Waals surface area contributed by atoms with Gasteiger partial charge in [0.2, 0.25) is 0 Å². The van der Waals surface area contributed by atoms with Crippen LogP contribution in [-0.4, -0.2) is 21.8 Å². The minimum Gasteiger partial charge on any atom is -0.351 e. The van der Waals surface area contributed by atoms with E-state index in [1.807, 2.05) is 18.2 Å². The fraction of sp³-hybridized carbons (Fsp3) is 0.211. The molecule has 0 atom stereocenters. The molecule has 1 N–H and O–H groups in total. The highest BCUT2D eigenvalue weighted by atomic mass is 16.2. The van der Waals surface area contributed by atoms with Crippen LogP contribution in [0.4, 0.5) is 0 Å². The van der Waals surface area contributed by atoms with Gasteiger partial charge < -0.3 is 5.32 Å². The highest BCUT2D eigenvalue weighted by Crippen LogP contribution is 2.47. The second kappa shape index (κ2) is 5.60.